The van der Waals surface area contributed by atoms with Crippen LogP contribution in [0.25, 0.3) is 22.3 Å². The van der Waals surface area contributed by atoms with Gasteiger partial charge in [-0.05, 0) is 48.2 Å². The van der Waals surface area contributed by atoms with Gasteiger partial charge in [0, 0.05) is 16.0 Å². The van der Waals surface area contributed by atoms with E-state index < -0.39 is 0 Å². The lowest BCUT2D eigenvalue weighted by Gasteiger charge is -2.01. The molecule has 20 heavy (non-hydrogen) atoms. The minimum absolute atomic E-state index is 0.252. The first-order valence-electron chi connectivity index (χ1n) is 6.30. The topological polar surface area (TPSA) is 13.1 Å². The van der Waals surface area contributed by atoms with Crippen molar-refractivity contribution in [1.29, 1.82) is 0 Å². The highest BCUT2D eigenvalue weighted by molar-refractivity contribution is 7.99. The van der Waals surface area contributed by atoms with Crippen LogP contribution in [0, 0.1) is 5.82 Å². The van der Waals surface area contributed by atoms with Crippen LogP contribution >= 0.6 is 23.4 Å². The molecule has 0 saturated carbocycles. The number of rotatable bonds is 3. The maximum atomic E-state index is 13.1. The minimum atomic E-state index is -0.252. The van der Waals surface area contributed by atoms with Crippen molar-refractivity contribution >= 4 is 34.3 Å². The van der Waals surface area contributed by atoms with Crippen LogP contribution in [-0.4, -0.2) is 5.75 Å². The van der Waals surface area contributed by atoms with Crippen LogP contribution in [0.4, 0.5) is 4.39 Å². The second-order valence-electron chi connectivity index (χ2n) is 4.34. The van der Waals surface area contributed by atoms with Gasteiger partial charge in [0.1, 0.15) is 17.2 Å². The molecule has 0 saturated heterocycles. The Kier molecular flexibility index (Phi) is 3.72. The minimum Gasteiger partial charge on any atom is -0.455 e. The molecule has 1 aromatic heterocycles. The fourth-order valence-electron chi connectivity index (χ4n) is 2.13. The zero-order chi connectivity index (χ0) is 14.1. The van der Waals surface area contributed by atoms with Gasteiger partial charge in [0.15, 0.2) is 0 Å². The number of hydrogen-bond acceptors (Lipinski definition) is 2. The van der Waals surface area contributed by atoms with Gasteiger partial charge < -0.3 is 4.42 Å². The van der Waals surface area contributed by atoms with E-state index in [0.29, 0.717) is 5.02 Å². The molecule has 3 aromatic rings. The summed E-state index contributed by atoms with van der Waals surface area (Å²) < 4.78 is 19.0. The second-order valence-corrected chi connectivity index (χ2v) is 6.05. The monoisotopic (exact) mass is 306 g/mol. The maximum absolute atomic E-state index is 13.1. The summed E-state index contributed by atoms with van der Waals surface area (Å²) in [5.41, 5.74) is 1.67. The Bertz CT molecular complexity index is 749. The molecule has 0 bridgehead atoms. The number of fused-ring (bicyclic) bond motifs is 1. The van der Waals surface area contributed by atoms with E-state index in [1.54, 1.807) is 23.9 Å². The molecule has 0 unspecified atom stereocenters. The molecule has 0 aliphatic rings. The molecule has 4 heteroatoms. The van der Waals surface area contributed by atoms with E-state index in [1.165, 1.54) is 12.1 Å². The van der Waals surface area contributed by atoms with Gasteiger partial charge in [-0.15, -0.1) is 11.8 Å². The summed E-state index contributed by atoms with van der Waals surface area (Å²) in [7, 11) is 0. The van der Waals surface area contributed by atoms with E-state index in [9.17, 15) is 4.39 Å². The molecule has 1 nitrogen and oxygen atoms in total. The van der Waals surface area contributed by atoms with Crippen LogP contribution in [0.15, 0.2) is 51.8 Å². The Labute approximate surface area is 125 Å². The first-order chi connectivity index (χ1) is 9.69. The summed E-state index contributed by atoms with van der Waals surface area (Å²) in [5.74, 6) is 1.45. The first kappa shape index (κ1) is 13.5. The number of benzene rings is 2. The molecule has 0 N–H and O–H groups in total. The van der Waals surface area contributed by atoms with Crippen LogP contribution in [0.3, 0.4) is 0 Å². The maximum Gasteiger partial charge on any atom is 0.148 e. The van der Waals surface area contributed by atoms with Crippen LogP contribution in [0.1, 0.15) is 6.92 Å². The Morgan fingerprint density at radius 2 is 1.90 bits per heavy atom. The Hall–Kier alpha value is -1.45. The summed E-state index contributed by atoms with van der Waals surface area (Å²) in [6.45, 7) is 2.09. The Morgan fingerprint density at radius 1 is 1.15 bits per heavy atom. The van der Waals surface area contributed by atoms with Gasteiger partial charge in [-0.25, -0.2) is 4.39 Å². The summed E-state index contributed by atoms with van der Waals surface area (Å²) >= 11 is 7.77. The zero-order valence-electron chi connectivity index (χ0n) is 10.8. The van der Waals surface area contributed by atoms with Gasteiger partial charge in [0.25, 0.3) is 0 Å². The van der Waals surface area contributed by atoms with Gasteiger partial charge >= 0.3 is 0 Å². The second kappa shape index (κ2) is 5.51. The van der Waals surface area contributed by atoms with Gasteiger partial charge in [-0.2, -0.15) is 0 Å². The first-order valence-corrected chi connectivity index (χ1v) is 7.66. The Balaban J connectivity index is 2.23. The predicted molar refractivity (Wildman–Crippen MR) is 83.0 cm³/mol. The standard InChI is InChI=1S/C16H12ClFOS/c1-2-20-16-13-9-11(17)5-8-14(13)19-15(16)10-3-6-12(18)7-4-10/h3-9H,2H2,1H3. The van der Waals surface area contributed by atoms with Crippen LogP contribution in [0.2, 0.25) is 5.02 Å². The number of furan rings is 1. The zero-order valence-corrected chi connectivity index (χ0v) is 12.4. The van der Waals surface area contributed by atoms with E-state index >= 15 is 0 Å². The number of halogens is 2. The lowest BCUT2D eigenvalue weighted by Crippen LogP contribution is -1.79. The van der Waals surface area contributed by atoms with Crippen molar-refractivity contribution in [3.8, 4) is 11.3 Å². The van der Waals surface area contributed by atoms with E-state index in [1.807, 2.05) is 18.2 Å². The van der Waals surface area contributed by atoms with Crippen molar-refractivity contribution in [2.75, 3.05) is 5.75 Å². The van der Waals surface area contributed by atoms with Crippen molar-refractivity contribution < 1.29 is 8.81 Å². The van der Waals surface area contributed by atoms with E-state index in [2.05, 4.69) is 6.92 Å². The summed E-state index contributed by atoms with van der Waals surface area (Å²) in [6.07, 6.45) is 0. The molecule has 0 amide bonds. The molecule has 102 valence electrons. The molecule has 1 heterocycles. The van der Waals surface area contributed by atoms with Crippen molar-refractivity contribution in [2.45, 2.75) is 11.8 Å². The average molecular weight is 307 g/mol. The fraction of sp³-hybridized carbons (Fsp3) is 0.125. The Morgan fingerprint density at radius 3 is 2.60 bits per heavy atom. The molecule has 0 fully saturated rings. The third-order valence-electron chi connectivity index (χ3n) is 3.00. The molecule has 0 aliphatic heterocycles. The third-order valence-corrected chi connectivity index (χ3v) is 4.22. The normalized spacial score (nSPS) is 11.2. The van der Waals surface area contributed by atoms with Crippen molar-refractivity contribution in [3.05, 3.63) is 53.3 Å². The molecule has 0 aliphatic carbocycles. The molecule has 0 atom stereocenters. The smallest absolute Gasteiger partial charge is 0.148 e. The van der Waals surface area contributed by atoms with Gasteiger partial charge in [0.2, 0.25) is 0 Å². The van der Waals surface area contributed by atoms with E-state index in [0.717, 1.165) is 32.9 Å². The average Bonchev–Trinajstić information content (AvgIpc) is 2.79. The molecule has 2 aromatic carbocycles. The van der Waals surface area contributed by atoms with Crippen molar-refractivity contribution in [1.82, 2.24) is 0 Å². The van der Waals surface area contributed by atoms with E-state index in [4.69, 9.17) is 16.0 Å². The highest BCUT2D eigenvalue weighted by Gasteiger charge is 2.16. The van der Waals surface area contributed by atoms with Gasteiger partial charge in [-0.1, -0.05) is 18.5 Å². The SMILES string of the molecule is CCSc1c(-c2ccc(F)cc2)oc2ccc(Cl)cc12. The van der Waals surface area contributed by atoms with Crippen LogP contribution < -0.4 is 0 Å². The highest BCUT2D eigenvalue weighted by atomic mass is 35.5. The summed E-state index contributed by atoms with van der Waals surface area (Å²) in [4.78, 5) is 1.05. The summed E-state index contributed by atoms with van der Waals surface area (Å²) in [6, 6.07) is 11.9. The molecule has 0 spiro atoms. The summed E-state index contributed by atoms with van der Waals surface area (Å²) in [5, 5.41) is 1.69. The quantitative estimate of drug-likeness (QED) is 0.550. The molecular weight excluding hydrogens is 295 g/mol. The molecular formula is C16H12ClFOS. The highest BCUT2D eigenvalue weighted by Crippen LogP contribution is 2.41. The third kappa shape index (κ3) is 2.43. The number of thioether (sulfide) groups is 1. The predicted octanol–water partition coefficient (Wildman–Crippen LogP) is 6.00. The molecule has 3 rings (SSSR count). The van der Waals surface area contributed by atoms with Gasteiger partial charge in [0.05, 0.1) is 4.90 Å². The van der Waals surface area contributed by atoms with Crippen LogP contribution in [0.5, 0.6) is 0 Å². The van der Waals surface area contributed by atoms with Crippen molar-refractivity contribution in [2.24, 2.45) is 0 Å². The van der Waals surface area contributed by atoms with Crippen molar-refractivity contribution in [3.63, 3.8) is 0 Å². The van der Waals surface area contributed by atoms with Crippen LogP contribution in [-0.2, 0) is 0 Å². The van der Waals surface area contributed by atoms with E-state index in [-0.39, 0.29) is 5.82 Å². The largest absolute Gasteiger partial charge is 0.455 e. The number of hydrogen-bond donors (Lipinski definition) is 0. The fourth-order valence-corrected chi connectivity index (χ4v) is 3.19. The van der Waals surface area contributed by atoms with Gasteiger partial charge in [-0.3, -0.25) is 0 Å². The lowest BCUT2D eigenvalue weighted by molar-refractivity contribution is 0.619. The lowest BCUT2D eigenvalue weighted by atomic mass is 10.1. The molecule has 0 radical (unpaired) electrons.